The number of nitrogens with one attached hydrogen (secondary N) is 2. The molecule has 1 heterocycles. The normalized spacial score (nSPS) is 22.7. The van der Waals surface area contributed by atoms with E-state index < -0.39 is 0 Å². The molecule has 2 unspecified atom stereocenters. The molecule has 0 amide bonds. The Hall–Kier alpha value is -1.10. The fraction of sp³-hybridized carbons (Fsp3) is 0.571. The van der Waals surface area contributed by atoms with E-state index in [1.54, 1.807) is 7.11 Å². The minimum Gasteiger partial charge on any atom is -0.497 e. The van der Waals surface area contributed by atoms with E-state index >= 15 is 0 Å². The van der Waals surface area contributed by atoms with E-state index in [2.05, 4.69) is 40.8 Å². The third kappa shape index (κ3) is 2.83. The van der Waals surface area contributed by atoms with E-state index in [0.717, 1.165) is 25.4 Å². The van der Waals surface area contributed by atoms with E-state index in [9.17, 15) is 0 Å². The second kappa shape index (κ2) is 6.18. The van der Waals surface area contributed by atoms with Crippen LogP contribution in [-0.4, -0.2) is 51.8 Å². The van der Waals surface area contributed by atoms with Crippen molar-refractivity contribution in [1.82, 2.24) is 15.5 Å². The summed E-state index contributed by atoms with van der Waals surface area (Å²) in [5.41, 5.74) is 1.28. The molecule has 1 aliphatic rings. The zero-order chi connectivity index (χ0) is 13.0. The standard InChI is InChI=1S/C14H23N3O/c1-15-14(13-10-16-7-8-17(13)2)11-5-4-6-12(9-11)18-3/h4-6,9,13-16H,7-8,10H2,1-3H3. The van der Waals surface area contributed by atoms with Crippen LogP contribution < -0.4 is 15.4 Å². The molecule has 4 nitrogen and oxygen atoms in total. The molecule has 2 atom stereocenters. The second-order valence-electron chi connectivity index (χ2n) is 4.80. The van der Waals surface area contributed by atoms with Crippen LogP contribution in [0.1, 0.15) is 11.6 Å². The molecule has 0 spiro atoms. The molecule has 2 N–H and O–H groups in total. The fourth-order valence-electron chi connectivity index (χ4n) is 2.62. The minimum atomic E-state index is 0.317. The molecule has 0 bridgehead atoms. The average molecular weight is 249 g/mol. The number of piperazine rings is 1. The van der Waals surface area contributed by atoms with E-state index in [4.69, 9.17) is 4.74 Å². The van der Waals surface area contributed by atoms with Gasteiger partial charge in [-0.1, -0.05) is 12.1 Å². The third-order valence-electron chi connectivity index (χ3n) is 3.71. The molecule has 1 aromatic rings. The summed E-state index contributed by atoms with van der Waals surface area (Å²) >= 11 is 0. The Bertz CT molecular complexity index is 383. The summed E-state index contributed by atoms with van der Waals surface area (Å²) in [5.74, 6) is 0.916. The number of methoxy groups -OCH3 is 1. The SMILES string of the molecule is CNC(c1cccc(OC)c1)C1CNCCN1C. The zero-order valence-electron chi connectivity index (χ0n) is 11.4. The maximum atomic E-state index is 5.31. The van der Waals surface area contributed by atoms with Gasteiger partial charge in [0.1, 0.15) is 5.75 Å². The van der Waals surface area contributed by atoms with Crippen molar-refractivity contribution in [3.05, 3.63) is 29.8 Å². The van der Waals surface area contributed by atoms with Gasteiger partial charge in [0.15, 0.2) is 0 Å². The van der Waals surface area contributed by atoms with Gasteiger partial charge in [-0.15, -0.1) is 0 Å². The van der Waals surface area contributed by atoms with Crippen molar-refractivity contribution in [2.45, 2.75) is 12.1 Å². The fourth-order valence-corrected chi connectivity index (χ4v) is 2.62. The number of benzene rings is 1. The smallest absolute Gasteiger partial charge is 0.119 e. The van der Waals surface area contributed by atoms with Gasteiger partial charge >= 0.3 is 0 Å². The van der Waals surface area contributed by atoms with Crippen LogP contribution in [0.4, 0.5) is 0 Å². The Kier molecular flexibility index (Phi) is 4.58. The highest BCUT2D eigenvalue weighted by atomic mass is 16.5. The molecule has 0 aromatic heterocycles. The van der Waals surface area contributed by atoms with Gasteiger partial charge in [0.25, 0.3) is 0 Å². The molecule has 100 valence electrons. The van der Waals surface area contributed by atoms with Gasteiger partial charge in [-0.3, -0.25) is 4.90 Å². The summed E-state index contributed by atoms with van der Waals surface area (Å²) in [6.45, 7) is 3.17. The average Bonchev–Trinajstić information content (AvgIpc) is 2.42. The highest BCUT2D eigenvalue weighted by Crippen LogP contribution is 2.24. The topological polar surface area (TPSA) is 36.5 Å². The first-order valence-corrected chi connectivity index (χ1v) is 6.48. The van der Waals surface area contributed by atoms with E-state index in [1.807, 2.05) is 13.1 Å². The Balaban J connectivity index is 2.20. The van der Waals surface area contributed by atoms with E-state index in [1.165, 1.54) is 5.56 Å². The number of nitrogens with zero attached hydrogens (tertiary/aromatic N) is 1. The zero-order valence-corrected chi connectivity index (χ0v) is 11.4. The van der Waals surface area contributed by atoms with Gasteiger partial charge < -0.3 is 15.4 Å². The highest BCUT2D eigenvalue weighted by molar-refractivity contribution is 5.31. The lowest BCUT2D eigenvalue weighted by Gasteiger charge is -2.38. The monoisotopic (exact) mass is 249 g/mol. The summed E-state index contributed by atoms with van der Waals surface area (Å²) in [6.07, 6.45) is 0. The van der Waals surface area contributed by atoms with Crippen LogP contribution in [0.15, 0.2) is 24.3 Å². The van der Waals surface area contributed by atoms with Crippen LogP contribution in [0, 0.1) is 0 Å². The third-order valence-corrected chi connectivity index (χ3v) is 3.71. The van der Waals surface area contributed by atoms with Gasteiger partial charge in [0.2, 0.25) is 0 Å². The summed E-state index contributed by atoms with van der Waals surface area (Å²) < 4.78 is 5.31. The Morgan fingerprint density at radius 3 is 3.00 bits per heavy atom. The quantitative estimate of drug-likeness (QED) is 0.830. The van der Waals surface area contributed by atoms with Crippen molar-refractivity contribution in [3.63, 3.8) is 0 Å². The van der Waals surface area contributed by atoms with Gasteiger partial charge in [-0.2, -0.15) is 0 Å². The molecule has 2 rings (SSSR count). The number of hydrogen-bond donors (Lipinski definition) is 2. The van der Waals surface area contributed by atoms with Crippen molar-refractivity contribution in [2.75, 3.05) is 40.8 Å². The van der Waals surface area contributed by atoms with Crippen molar-refractivity contribution in [2.24, 2.45) is 0 Å². The van der Waals surface area contributed by atoms with Crippen LogP contribution >= 0.6 is 0 Å². The maximum Gasteiger partial charge on any atom is 0.119 e. The Morgan fingerprint density at radius 2 is 2.33 bits per heavy atom. The number of ether oxygens (including phenoxy) is 1. The molecule has 0 saturated carbocycles. The molecule has 4 heteroatoms. The van der Waals surface area contributed by atoms with Crippen LogP contribution in [0.5, 0.6) is 5.75 Å². The van der Waals surface area contributed by atoms with Crippen LogP contribution in [-0.2, 0) is 0 Å². The Labute approximate surface area is 109 Å². The number of rotatable bonds is 4. The lowest BCUT2D eigenvalue weighted by molar-refractivity contribution is 0.161. The van der Waals surface area contributed by atoms with Crippen LogP contribution in [0.25, 0.3) is 0 Å². The largest absolute Gasteiger partial charge is 0.497 e. The van der Waals surface area contributed by atoms with Gasteiger partial charge in [-0.25, -0.2) is 0 Å². The summed E-state index contributed by atoms with van der Waals surface area (Å²) in [5, 5.41) is 6.90. The maximum absolute atomic E-state index is 5.31. The number of hydrogen-bond acceptors (Lipinski definition) is 4. The molecule has 0 radical (unpaired) electrons. The van der Waals surface area contributed by atoms with Crippen molar-refractivity contribution in [3.8, 4) is 5.75 Å². The molecule has 18 heavy (non-hydrogen) atoms. The summed E-state index contributed by atoms with van der Waals surface area (Å²) in [6, 6.07) is 9.09. The number of likely N-dealkylation sites (N-methyl/N-ethyl adjacent to an activating group) is 2. The minimum absolute atomic E-state index is 0.317. The predicted molar refractivity (Wildman–Crippen MR) is 74.1 cm³/mol. The Morgan fingerprint density at radius 1 is 1.50 bits per heavy atom. The molecule has 1 saturated heterocycles. The van der Waals surface area contributed by atoms with Crippen LogP contribution in [0.3, 0.4) is 0 Å². The molecule has 0 aliphatic carbocycles. The van der Waals surface area contributed by atoms with E-state index in [0.29, 0.717) is 12.1 Å². The first-order chi connectivity index (χ1) is 8.76. The van der Waals surface area contributed by atoms with Crippen molar-refractivity contribution < 1.29 is 4.74 Å². The highest BCUT2D eigenvalue weighted by Gasteiger charge is 2.27. The predicted octanol–water partition coefficient (Wildman–Crippen LogP) is 0.859. The molecular weight excluding hydrogens is 226 g/mol. The first-order valence-electron chi connectivity index (χ1n) is 6.48. The van der Waals surface area contributed by atoms with Crippen molar-refractivity contribution >= 4 is 0 Å². The lowest BCUT2D eigenvalue weighted by atomic mass is 9.97. The van der Waals surface area contributed by atoms with Crippen LogP contribution in [0.2, 0.25) is 0 Å². The van der Waals surface area contributed by atoms with Gasteiger partial charge in [0.05, 0.1) is 7.11 Å². The summed E-state index contributed by atoms with van der Waals surface area (Å²) in [4.78, 5) is 2.41. The molecule has 1 fully saturated rings. The lowest BCUT2D eigenvalue weighted by Crippen LogP contribution is -2.54. The first kappa shape index (κ1) is 13.3. The van der Waals surface area contributed by atoms with Gasteiger partial charge in [0, 0.05) is 31.7 Å². The molecule has 1 aromatic carbocycles. The molecule has 1 aliphatic heterocycles. The van der Waals surface area contributed by atoms with Crippen molar-refractivity contribution in [1.29, 1.82) is 0 Å². The second-order valence-corrected chi connectivity index (χ2v) is 4.80. The summed E-state index contributed by atoms with van der Waals surface area (Å²) in [7, 11) is 5.92. The van der Waals surface area contributed by atoms with E-state index in [-0.39, 0.29) is 0 Å². The van der Waals surface area contributed by atoms with Gasteiger partial charge in [-0.05, 0) is 31.8 Å². The molecular formula is C14H23N3O.